The number of β-lactam (4-membered cyclic amide) rings is 1. The van der Waals surface area contributed by atoms with Gasteiger partial charge in [-0.15, -0.1) is 16.9 Å². The molecule has 12 heteroatoms. The Bertz CT molecular complexity index is 1760. The molecule has 0 unspecified atom stereocenters. The third kappa shape index (κ3) is 6.03. The Hall–Kier alpha value is -4.68. The summed E-state index contributed by atoms with van der Waals surface area (Å²) in [4.78, 5) is 48.3. The molecule has 1 N–H and O–H groups in total. The maximum Gasteiger partial charge on any atom is 0.352 e. The van der Waals surface area contributed by atoms with E-state index in [2.05, 4.69) is 15.1 Å². The smallest absolute Gasteiger partial charge is 0.352 e. The van der Waals surface area contributed by atoms with Gasteiger partial charge in [-0.05, 0) is 22.3 Å². The molecular weight excluding hydrogens is 599 g/mol. The number of hydrogen-bond acceptors (Lipinski definition) is 9. The van der Waals surface area contributed by atoms with E-state index < -0.39 is 23.7 Å². The van der Waals surface area contributed by atoms with Gasteiger partial charge in [-0.25, -0.2) is 9.48 Å². The first-order valence-corrected chi connectivity index (χ1v) is 15.8. The Labute approximate surface area is 261 Å². The molecule has 222 valence electrons. The quantitative estimate of drug-likeness (QED) is 0.157. The summed E-state index contributed by atoms with van der Waals surface area (Å²) in [6.45, 7) is 0. The number of nitrogens with zero attached hydrogens (tertiary/aromatic N) is 5. The number of hydrogen-bond donors (Lipinski definition) is 1. The van der Waals surface area contributed by atoms with E-state index in [1.165, 1.54) is 33.1 Å². The highest BCUT2D eigenvalue weighted by molar-refractivity contribution is 8.01. The molecule has 2 aliphatic heterocycles. The first kappa shape index (κ1) is 29.4. The Balaban J connectivity index is 1.18. The maximum atomic E-state index is 13.1. The lowest BCUT2D eigenvalue weighted by Crippen LogP contribution is -2.64. The van der Waals surface area contributed by atoms with Crippen LogP contribution in [0.2, 0.25) is 0 Å². The normalized spacial score (nSPS) is 18.0. The molecule has 0 saturated carbocycles. The number of fused-ring (bicyclic) bond motifs is 1. The lowest BCUT2D eigenvalue weighted by molar-refractivity contribution is -0.147. The number of aryl methyl sites for hydroxylation is 1. The third-order valence-electron chi connectivity index (χ3n) is 7.11. The topological polar surface area (TPSA) is 127 Å². The van der Waals surface area contributed by atoms with Crippen LogP contribution in [0.15, 0.2) is 117 Å². The molecule has 10 nitrogen and oxygen atoms in total. The zero-order chi connectivity index (χ0) is 30.6. The van der Waals surface area contributed by atoms with Crippen LogP contribution < -0.4 is 10.3 Å². The lowest BCUT2D eigenvalue weighted by atomic mass is 10.0. The zero-order valence-electron chi connectivity index (χ0n) is 23.5. The number of aliphatic carboxylic acids is 1. The van der Waals surface area contributed by atoms with Crippen molar-refractivity contribution >= 4 is 41.6 Å². The van der Waals surface area contributed by atoms with Crippen molar-refractivity contribution in [3.05, 3.63) is 129 Å². The number of carbonyl (C=O) groups is 2. The van der Waals surface area contributed by atoms with Crippen molar-refractivity contribution in [1.82, 2.24) is 19.7 Å². The van der Waals surface area contributed by atoms with Crippen LogP contribution in [0.5, 0.6) is 5.88 Å². The fraction of sp³-hybridized carbons (Fsp3) is 0.188. The van der Waals surface area contributed by atoms with Crippen LogP contribution in [0.1, 0.15) is 22.8 Å². The summed E-state index contributed by atoms with van der Waals surface area (Å²) in [5.74, 6) is -1.07. The first-order valence-electron chi connectivity index (χ1n) is 13.7. The number of carbonyl (C=O) groups excluding carboxylic acids is 1. The summed E-state index contributed by atoms with van der Waals surface area (Å²) in [6.07, 6.45) is 1.08. The first-order chi connectivity index (χ1) is 21.4. The molecule has 1 saturated heterocycles. The minimum absolute atomic E-state index is 0.0381. The van der Waals surface area contributed by atoms with Gasteiger partial charge in [0.2, 0.25) is 0 Å². The van der Waals surface area contributed by atoms with Crippen molar-refractivity contribution < 1.29 is 19.4 Å². The Morgan fingerprint density at radius 1 is 1.05 bits per heavy atom. The van der Waals surface area contributed by atoms with Crippen molar-refractivity contribution in [2.24, 2.45) is 12.0 Å². The lowest BCUT2D eigenvalue weighted by Gasteiger charge is -2.47. The monoisotopic (exact) mass is 625 g/mol. The molecule has 2 aliphatic rings. The Morgan fingerprint density at radius 2 is 1.66 bits per heavy atom. The molecular formula is C32H27N5O5S2. The maximum absolute atomic E-state index is 13.1. The van der Waals surface area contributed by atoms with Gasteiger partial charge in [-0.2, -0.15) is 4.98 Å². The van der Waals surface area contributed by atoms with Crippen LogP contribution >= 0.6 is 23.5 Å². The number of carboxylic acids is 1. The molecule has 3 heterocycles. The average molecular weight is 626 g/mol. The number of rotatable bonds is 10. The van der Waals surface area contributed by atoms with E-state index in [0.29, 0.717) is 16.5 Å². The average Bonchev–Trinajstić information content (AvgIpc) is 3.05. The second kappa shape index (κ2) is 12.9. The minimum Gasteiger partial charge on any atom is -0.477 e. The molecule has 0 radical (unpaired) electrons. The molecule has 1 amide bonds. The highest BCUT2D eigenvalue weighted by Gasteiger charge is 2.53. The molecule has 0 bridgehead atoms. The van der Waals surface area contributed by atoms with Crippen LogP contribution in [-0.4, -0.2) is 65.8 Å². The number of amides is 1. The molecule has 44 heavy (non-hydrogen) atoms. The Morgan fingerprint density at radius 3 is 2.27 bits per heavy atom. The van der Waals surface area contributed by atoms with E-state index in [0.717, 1.165) is 16.7 Å². The molecule has 3 aromatic carbocycles. The van der Waals surface area contributed by atoms with E-state index in [1.54, 1.807) is 13.3 Å². The molecule has 0 aliphatic carbocycles. The predicted octanol–water partition coefficient (Wildman–Crippen LogP) is 4.18. The van der Waals surface area contributed by atoms with Crippen LogP contribution in [-0.2, 0) is 16.6 Å². The molecule has 0 spiro atoms. The number of benzene rings is 3. The van der Waals surface area contributed by atoms with Gasteiger partial charge < -0.3 is 9.84 Å². The fourth-order valence-corrected chi connectivity index (χ4v) is 7.34. The number of ether oxygens (including phenoxy) is 1. The van der Waals surface area contributed by atoms with Gasteiger partial charge in [0.15, 0.2) is 17.3 Å². The van der Waals surface area contributed by atoms with Gasteiger partial charge in [0, 0.05) is 24.8 Å². The summed E-state index contributed by atoms with van der Waals surface area (Å²) in [5, 5.41) is 14.3. The molecule has 6 rings (SSSR count). The van der Waals surface area contributed by atoms with Gasteiger partial charge in [-0.1, -0.05) is 103 Å². The zero-order valence-corrected chi connectivity index (χ0v) is 25.1. The Kier molecular flexibility index (Phi) is 8.62. The minimum atomic E-state index is -1.18. The summed E-state index contributed by atoms with van der Waals surface area (Å²) in [7, 11) is 1.65. The SMILES string of the molecule is Cn1nc(OC(c2ccccc2)c2ccccc2)c(=O)nc1SCC1=C(C(=O)O)N2C(=O)[C@@H](/N=C/c3ccccc3)[C@H]2SC1. The van der Waals surface area contributed by atoms with Crippen LogP contribution in [0, 0.1) is 0 Å². The van der Waals surface area contributed by atoms with Gasteiger partial charge in [0.25, 0.3) is 5.91 Å². The highest BCUT2D eigenvalue weighted by Crippen LogP contribution is 2.42. The summed E-state index contributed by atoms with van der Waals surface area (Å²) >= 11 is 2.65. The summed E-state index contributed by atoms with van der Waals surface area (Å²) < 4.78 is 7.58. The predicted molar refractivity (Wildman–Crippen MR) is 169 cm³/mol. The van der Waals surface area contributed by atoms with Gasteiger partial charge >= 0.3 is 17.4 Å². The summed E-state index contributed by atoms with van der Waals surface area (Å²) in [5.41, 5.74) is 2.47. The van der Waals surface area contributed by atoms with Crippen molar-refractivity contribution in [3.8, 4) is 5.88 Å². The number of thioether (sulfide) groups is 2. The number of carboxylic acid groups (broad SMARTS) is 1. The van der Waals surface area contributed by atoms with Crippen molar-refractivity contribution in [2.45, 2.75) is 22.7 Å². The van der Waals surface area contributed by atoms with Gasteiger partial charge in [0.05, 0.1) is 0 Å². The van der Waals surface area contributed by atoms with E-state index in [-0.39, 0.29) is 28.6 Å². The summed E-state index contributed by atoms with van der Waals surface area (Å²) in [6, 6.07) is 27.9. The number of aromatic nitrogens is 3. The van der Waals surface area contributed by atoms with E-state index in [4.69, 9.17) is 4.74 Å². The van der Waals surface area contributed by atoms with Crippen LogP contribution in [0.4, 0.5) is 0 Å². The second-order valence-corrected chi connectivity index (χ2v) is 12.1. The van der Waals surface area contributed by atoms with Crippen LogP contribution in [0.25, 0.3) is 0 Å². The standard InChI is InChI=1S/C32H27N5O5S2/c1-36-32(34-27(38)28(35-36)42-26(21-13-7-3-8-14-21)22-15-9-4-10-16-22)44-19-23-18-43-30-24(29(39)37(30)25(23)31(40)41)33-17-20-11-5-2-6-12-20/h2-17,24,26,30H,18-19H2,1H3,(H,40,41)/b33-17+/t24-,30-/m1/s1. The molecule has 2 atom stereocenters. The highest BCUT2D eigenvalue weighted by atomic mass is 32.2. The van der Waals surface area contributed by atoms with Gasteiger partial charge in [-0.3, -0.25) is 19.5 Å². The fourth-order valence-electron chi connectivity index (χ4n) is 4.96. The number of aliphatic imine (C=N–C) groups is 1. The molecule has 1 fully saturated rings. The third-order valence-corrected chi connectivity index (χ3v) is 9.54. The molecule has 1 aromatic heterocycles. The van der Waals surface area contributed by atoms with E-state index >= 15 is 0 Å². The van der Waals surface area contributed by atoms with Crippen molar-refractivity contribution in [1.29, 1.82) is 0 Å². The van der Waals surface area contributed by atoms with E-state index in [9.17, 15) is 19.5 Å². The largest absolute Gasteiger partial charge is 0.477 e. The van der Waals surface area contributed by atoms with Gasteiger partial charge in [0.1, 0.15) is 11.1 Å². The van der Waals surface area contributed by atoms with Crippen molar-refractivity contribution in [3.63, 3.8) is 0 Å². The molecule has 4 aromatic rings. The van der Waals surface area contributed by atoms with Crippen LogP contribution in [0.3, 0.4) is 0 Å². The second-order valence-electron chi connectivity index (χ2n) is 10.0. The van der Waals surface area contributed by atoms with Crippen molar-refractivity contribution in [2.75, 3.05) is 11.5 Å². The van der Waals surface area contributed by atoms with E-state index in [1.807, 2.05) is 91.0 Å².